The largest absolute Gasteiger partial charge is 0.495 e. The van der Waals surface area contributed by atoms with Gasteiger partial charge in [-0.25, -0.2) is 4.79 Å². The topological polar surface area (TPSA) is 70.8 Å². The molecule has 0 atom stereocenters. The Hall–Kier alpha value is -3.05. The lowest BCUT2D eigenvalue weighted by Crippen LogP contribution is -1.99. The predicted octanol–water partition coefficient (Wildman–Crippen LogP) is 4.25. The molecule has 0 bridgehead atoms. The van der Waals surface area contributed by atoms with Crippen LogP contribution in [-0.4, -0.2) is 22.1 Å². The third-order valence-corrected chi connectivity index (χ3v) is 4.39. The Balaban J connectivity index is 1.95. The molecule has 6 heteroatoms. The monoisotopic (exact) mass is 351 g/mol. The van der Waals surface area contributed by atoms with Crippen molar-refractivity contribution in [1.82, 2.24) is 15.0 Å². The number of H-pyrrole nitrogens is 2. The lowest BCUT2D eigenvalue weighted by molar-refractivity contribution is 0.413. The minimum atomic E-state index is -0.233. The molecule has 0 aliphatic heterocycles. The van der Waals surface area contributed by atoms with Crippen molar-refractivity contribution in [2.75, 3.05) is 7.11 Å². The van der Waals surface area contributed by atoms with Gasteiger partial charge < -0.3 is 14.7 Å². The fraction of sp³-hybridized carbons (Fsp3) is 0.0526. The number of ether oxygens (including phenoxy) is 1. The molecule has 0 saturated carbocycles. The van der Waals surface area contributed by atoms with Gasteiger partial charge >= 0.3 is 5.69 Å². The SMILES string of the molecule is COc1cncc(-c2cccc(Cl)c2-c2ccc3[nH]c(=O)[nH]c3c2)c1. The molecule has 0 aliphatic carbocycles. The molecule has 0 aliphatic rings. The lowest BCUT2D eigenvalue weighted by atomic mass is 9.95. The van der Waals surface area contributed by atoms with Gasteiger partial charge in [0.25, 0.3) is 0 Å². The average Bonchev–Trinajstić information content (AvgIpc) is 3.00. The summed E-state index contributed by atoms with van der Waals surface area (Å²) in [6, 6.07) is 13.4. The van der Waals surface area contributed by atoms with Crippen molar-refractivity contribution in [3.8, 4) is 28.0 Å². The molecule has 0 unspecified atom stereocenters. The smallest absolute Gasteiger partial charge is 0.323 e. The molecule has 2 N–H and O–H groups in total. The highest BCUT2D eigenvalue weighted by atomic mass is 35.5. The van der Waals surface area contributed by atoms with Gasteiger partial charge in [-0.1, -0.05) is 29.8 Å². The first-order valence-corrected chi connectivity index (χ1v) is 8.04. The maximum Gasteiger partial charge on any atom is 0.323 e. The minimum absolute atomic E-state index is 0.233. The summed E-state index contributed by atoms with van der Waals surface area (Å²) in [5.41, 5.74) is 4.89. The van der Waals surface area contributed by atoms with E-state index in [2.05, 4.69) is 15.0 Å². The number of pyridine rings is 1. The van der Waals surface area contributed by atoms with Gasteiger partial charge in [0.1, 0.15) is 5.75 Å². The maximum absolute atomic E-state index is 11.5. The molecule has 0 spiro atoms. The van der Waals surface area contributed by atoms with Gasteiger partial charge in [0, 0.05) is 22.3 Å². The standard InChI is InChI=1S/C19H14ClN3O2/c1-25-13-7-12(9-21-10-13)14-3-2-4-15(20)18(14)11-5-6-16-17(8-11)23-19(24)22-16/h2-10H,1H3,(H2,22,23,24). The van der Waals surface area contributed by atoms with E-state index in [1.165, 1.54) is 0 Å². The molecule has 124 valence electrons. The molecule has 2 aromatic carbocycles. The van der Waals surface area contributed by atoms with E-state index >= 15 is 0 Å². The summed E-state index contributed by atoms with van der Waals surface area (Å²) < 4.78 is 5.27. The van der Waals surface area contributed by atoms with Gasteiger partial charge in [-0.3, -0.25) is 4.98 Å². The summed E-state index contributed by atoms with van der Waals surface area (Å²) in [5.74, 6) is 0.675. The fourth-order valence-corrected chi connectivity index (χ4v) is 3.21. The zero-order chi connectivity index (χ0) is 17.4. The molecule has 0 radical (unpaired) electrons. The number of nitrogens with zero attached hydrogens (tertiary/aromatic N) is 1. The Morgan fingerprint density at radius 1 is 1.00 bits per heavy atom. The first kappa shape index (κ1) is 15.5. The van der Waals surface area contributed by atoms with Crippen LogP contribution in [0.25, 0.3) is 33.3 Å². The molecule has 4 aromatic rings. The molecule has 2 aromatic heterocycles. The molecular formula is C19H14ClN3O2. The van der Waals surface area contributed by atoms with Crippen molar-refractivity contribution in [3.63, 3.8) is 0 Å². The third-order valence-electron chi connectivity index (χ3n) is 4.08. The number of benzene rings is 2. The van der Waals surface area contributed by atoms with Crippen molar-refractivity contribution in [1.29, 1.82) is 0 Å². The summed E-state index contributed by atoms with van der Waals surface area (Å²) in [4.78, 5) is 21.3. The summed E-state index contributed by atoms with van der Waals surface area (Å²) in [6.45, 7) is 0. The number of hydrogen-bond donors (Lipinski definition) is 2. The summed E-state index contributed by atoms with van der Waals surface area (Å²) in [5, 5.41) is 0.623. The molecule has 5 nitrogen and oxygen atoms in total. The second-order valence-corrected chi connectivity index (χ2v) is 6.02. The number of methoxy groups -OCH3 is 1. The number of aromatic nitrogens is 3. The van der Waals surface area contributed by atoms with Crippen LogP contribution < -0.4 is 10.4 Å². The molecular weight excluding hydrogens is 338 g/mol. The number of hydrogen-bond acceptors (Lipinski definition) is 3. The molecule has 2 heterocycles. The Morgan fingerprint density at radius 2 is 1.84 bits per heavy atom. The van der Waals surface area contributed by atoms with Crippen LogP contribution in [0.15, 0.2) is 59.7 Å². The van der Waals surface area contributed by atoms with Crippen LogP contribution in [0, 0.1) is 0 Å². The lowest BCUT2D eigenvalue weighted by Gasteiger charge is -2.13. The van der Waals surface area contributed by atoms with E-state index in [9.17, 15) is 4.79 Å². The minimum Gasteiger partial charge on any atom is -0.495 e. The van der Waals surface area contributed by atoms with Crippen molar-refractivity contribution >= 4 is 22.6 Å². The van der Waals surface area contributed by atoms with E-state index in [0.717, 1.165) is 33.3 Å². The first-order chi connectivity index (χ1) is 12.2. The van der Waals surface area contributed by atoms with Gasteiger partial charge in [-0.05, 0) is 35.4 Å². The van der Waals surface area contributed by atoms with Crippen LogP contribution in [0.2, 0.25) is 5.02 Å². The van der Waals surface area contributed by atoms with Crippen molar-refractivity contribution < 1.29 is 4.74 Å². The second kappa shape index (κ2) is 6.11. The number of fused-ring (bicyclic) bond motifs is 1. The predicted molar refractivity (Wildman–Crippen MR) is 99.1 cm³/mol. The van der Waals surface area contributed by atoms with Gasteiger partial charge in [0.15, 0.2) is 0 Å². The molecule has 4 rings (SSSR count). The van der Waals surface area contributed by atoms with Gasteiger partial charge in [-0.2, -0.15) is 0 Å². The van der Waals surface area contributed by atoms with E-state index in [-0.39, 0.29) is 5.69 Å². The van der Waals surface area contributed by atoms with E-state index in [1.54, 1.807) is 19.5 Å². The van der Waals surface area contributed by atoms with Gasteiger partial charge in [0.05, 0.1) is 24.3 Å². The molecule has 25 heavy (non-hydrogen) atoms. The number of nitrogens with one attached hydrogen (secondary N) is 2. The van der Waals surface area contributed by atoms with Crippen LogP contribution in [0.3, 0.4) is 0 Å². The third kappa shape index (κ3) is 2.79. The quantitative estimate of drug-likeness (QED) is 0.579. The molecule has 0 amide bonds. The van der Waals surface area contributed by atoms with E-state index in [4.69, 9.17) is 16.3 Å². The Bertz CT molecular complexity index is 1130. The van der Waals surface area contributed by atoms with Crippen LogP contribution in [0.1, 0.15) is 0 Å². The highest BCUT2D eigenvalue weighted by Crippen LogP contribution is 2.38. The highest BCUT2D eigenvalue weighted by Gasteiger charge is 2.13. The van der Waals surface area contributed by atoms with E-state index < -0.39 is 0 Å². The summed E-state index contributed by atoms with van der Waals surface area (Å²) in [7, 11) is 1.61. The first-order valence-electron chi connectivity index (χ1n) is 7.66. The van der Waals surface area contributed by atoms with Crippen LogP contribution >= 0.6 is 11.6 Å². The number of rotatable bonds is 3. The number of halogens is 1. The van der Waals surface area contributed by atoms with E-state index in [1.807, 2.05) is 42.5 Å². The van der Waals surface area contributed by atoms with Crippen molar-refractivity contribution in [2.45, 2.75) is 0 Å². The molecule has 0 fully saturated rings. The Labute approximate surface area is 148 Å². The van der Waals surface area contributed by atoms with Crippen molar-refractivity contribution in [3.05, 3.63) is 70.4 Å². The summed E-state index contributed by atoms with van der Waals surface area (Å²) in [6.07, 6.45) is 3.43. The summed E-state index contributed by atoms with van der Waals surface area (Å²) >= 11 is 6.51. The second-order valence-electron chi connectivity index (χ2n) is 5.62. The Morgan fingerprint density at radius 3 is 2.68 bits per heavy atom. The zero-order valence-electron chi connectivity index (χ0n) is 13.3. The number of aromatic amines is 2. The number of imidazole rings is 1. The van der Waals surface area contributed by atoms with Gasteiger partial charge in [-0.15, -0.1) is 0 Å². The van der Waals surface area contributed by atoms with Crippen LogP contribution in [0.5, 0.6) is 5.75 Å². The van der Waals surface area contributed by atoms with Crippen LogP contribution in [-0.2, 0) is 0 Å². The van der Waals surface area contributed by atoms with E-state index in [0.29, 0.717) is 10.8 Å². The van der Waals surface area contributed by atoms with Crippen LogP contribution in [0.4, 0.5) is 0 Å². The zero-order valence-corrected chi connectivity index (χ0v) is 14.1. The fourth-order valence-electron chi connectivity index (χ4n) is 2.92. The maximum atomic E-state index is 11.5. The molecule has 0 saturated heterocycles. The normalized spacial score (nSPS) is 11.0. The van der Waals surface area contributed by atoms with Crippen molar-refractivity contribution in [2.24, 2.45) is 0 Å². The Kier molecular flexibility index (Phi) is 3.78. The van der Waals surface area contributed by atoms with Gasteiger partial charge in [0.2, 0.25) is 0 Å². The highest BCUT2D eigenvalue weighted by molar-refractivity contribution is 6.34. The average molecular weight is 352 g/mol.